The predicted molar refractivity (Wildman–Crippen MR) is 110 cm³/mol. The molecule has 0 saturated carbocycles. The zero-order chi connectivity index (χ0) is 20.3. The Kier molecular flexibility index (Phi) is 6.14. The van der Waals surface area contributed by atoms with Crippen LogP contribution in [0.1, 0.15) is 36.6 Å². The quantitative estimate of drug-likeness (QED) is 0.618. The van der Waals surface area contributed by atoms with Gasteiger partial charge in [-0.15, -0.1) is 5.10 Å². The maximum absolute atomic E-state index is 11.4. The van der Waals surface area contributed by atoms with Crippen molar-refractivity contribution in [3.8, 4) is 17.1 Å². The molecule has 3 aromatic rings. The van der Waals surface area contributed by atoms with Gasteiger partial charge >= 0.3 is 5.97 Å². The third kappa shape index (κ3) is 4.25. The Morgan fingerprint density at radius 3 is 2.46 bits per heavy atom. The van der Waals surface area contributed by atoms with Crippen molar-refractivity contribution in [3.63, 3.8) is 0 Å². The highest BCUT2D eigenvalue weighted by atomic mass is 35.5. The Labute approximate surface area is 169 Å². The van der Waals surface area contributed by atoms with E-state index in [2.05, 4.69) is 5.10 Å². The number of halogens is 1. The fourth-order valence-corrected chi connectivity index (χ4v) is 3.24. The van der Waals surface area contributed by atoms with E-state index in [9.17, 15) is 4.79 Å². The van der Waals surface area contributed by atoms with Gasteiger partial charge in [0.25, 0.3) is 0 Å². The Balaban J connectivity index is 2.07. The molecule has 0 fully saturated rings. The average Bonchev–Trinajstić information content (AvgIpc) is 3.10. The lowest BCUT2D eigenvalue weighted by molar-refractivity contribution is -0.132. The van der Waals surface area contributed by atoms with Crippen LogP contribution in [0.2, 0.25) is 5.02 Å². The van der Waals surface area contributed by atoms with Crippen molar-refractivity contribution in [2.24, 2.45) is 11.5 Å². The van der Waals surface area contributed by atoms with Crippen LogP contribution in [0, 0.1) is 0 Å². The smallest absolute Gasteiger partial charge is 0.309 e. The van der Waals surface area contributed by atoms with Gasteiger partial charge in [-0.3, -0.25) is 9.48 Å². The normalized spacial score (nSPS) is 12.0. The molecule has 1 aromatic heterocycles. The summed E-state index contributed by atoms with van der Waals surface area (Å²) in [5.41, 5.74) is 16.1. The number of esters is 1. The van der Waals surface area contributed by atoms with Crippen molar-refractivity contribution in [1.82, 2.24) is 9.78 Å². The number of hydrogen-bond acceptors (Lipinski definition) is 5. The highest BCUT2D eigenvalue weighted by Gasteiger charge is 2.19. The molecular weight excluding hydrogens is 376 g/mol. The molecule has 2 aromatic carbocycles. The Morgan fingerprint density at radius 2 is 1.86 bits per heavy atom. The van der Waals surface area contributed by atoms with Crippen molar-refractivity contribution in [1.29, 1.82) is 0 Å². The molecule has 28 heavy (non-hydrogen) atoms. The molecule has 4 N–H and O–H groups in total. The third-order valence-corrected chi connectivity index (χ3v) is 4.96. The summed E-state index contributed by atoms with van der Waals surface area (Å²) in [5, 5.41) is 5.12. The topological polar surface area (TPSA) is 96.2 Å². The second kappa shape index (κ2) is 8.56. The van der Waals surface area contributed by atoms with Crippen LogP contribution in [0.25, 0.3) is 11.3 Å². The van der Waals surface area contributed by atoms with Crippen molar-refractivity contribution in [2.75, 3.05) is 0 Å². The van der Waals surface area contributed by atoms with E-state index < -0.39 is 5.97 Å². The minimum Gasteiger partial charge on any atom is -0.406 e. The number of benzene rings is 2. The number of rotatable bonds is 6. The molecule has 1 heterocycles. The highest BCUT2D eigenvalue weighted by molar-refractivity contribution is 6.31. The zero-order valence-electron chi connectivity index (χ0n) is 15.9. The van der Waals surface area contributed by atoms with E-state index in [1.54, 1.807) is 6.07 Å². The van der Waals surface area contributed by atoms with E-state index in [-0.39, 0.29) is 11.9 Å². The van der Waals surface area contributed by atoms with Gasteiger partial charge in [-0.2, -0.15) is 0 Å². The van der Waals surface area contributed by atoms with Crippen LogP contribution in [0.4, 0.5) is 0 Å². The minimum absolute atomic E-state index is 0.0943. The molecule has 0 amide bonds. The van der Waals surface area contributed by atoms with E-state index >= 15 is 0 Å². The lowest BCUT2D eigenvalue weighted by Crippen LogP contribution is -2.11. The van der Waals surface area contributed by atoms with E-state index in [0.717, 1.165) is 27.9 Å². The highest BCUT2D eigenvalue weighted by Crippen LogP contribution is 2.32. The van der Waals surface area contributed by atoms with Gasteiger partial charge in [0.2, 0.25) is 5.88 Å². The molecule has 1 unspecified atom stereocenters. The van der Waals surface area contributed by atoms with Crippen LogP contribution in [0.15, 0.2) is 48.5 Å². The molecular formula is C21H23ClN4O2. The molecule has 0 aliphatic heterocycles. The first kappa shape index (κ1) is 20.1. The number of carbonyl (C=O) groups is 1. The van der Waals surface area contributed by atoms with Crippen LogP contribution in [0.5, 0.6) is 5.88 Å². The molecule has 0 spiro atoms. The molecule has 1 atom stereocenters. The summed E-state index contributed by atoms with van der Waals surface area (Å²) in [7, 11) is 0. The van der Waals surface area contributed by atoms with Gasteiger partial charge in [-0.25, -0.2) is 0 Å². The maximum Gasteiger partial charge on any atom is 0.309 e. The fourth-order valence-electron chi connectivity index (χ4n) is 3.04. The largest absolute Gasteiger partial charge is 0.406 e. The molecule has 0 aliphatic rings. The van der Waals surface area contributed by atoms with Crippen molar-refractivity contribution in [3.05, 3.63) is 70.2 Å². The molecule has 0 bridgehead atoms. The lowest BCUT2D eigenvalue weighted by Gasteiger charge is -2.17. The minimum atomic E-state index is -0.421. The second-order valence-electron chi connectivity index (χ2n) is 6.54. The van der Waals surface area contributed by atoms with E-state index in [0.29, 0.717) is 18.1 Å². The predicted octanol–water partition coefficient (Wildman–Crippen LogP) is 3.66. The Hall–Kier alpha value is -2.67. The molecule has 0 aliphatic carbocycles. The van der Waals surface area contributed by atoms with Crippen LogP contribution in [-0.2, 0) is 17.9 Å². The van der Waals surface area contributed by atoms with Gasteiger partial charge in [0.05, 0.1) is 11.7 Å². The van der Waals surface area contributed by atoms with Gasteiger partial charge in [-0.05, 0) is 35.7 Å². The first-order chi connectivity index (χ1) is 13.4. The number of ether oxygens (including phenoxy) is 1. The molecule has 6 nitrogen and oxygen atoms in total. The number of carbonyl (C=O) groups excluding carboxylic acids is 1. The van der Waals surface area contributed by atoms with E-state index in [4.69, 9.17) is 27.8 Å². The van der Waals surface area contributed by atoms with Crippen molar-refractivity contribution < 1.29 is 9.53 Å². The third-order valence-electron chi connectivity index (χ3n) is 4.59. The molecule has 0 saturated heterocycles. The second-order valence-corrected chi connectivity index (χ2v) is 6.95. The standard InChI is InChI=1S/C21H23ClN4O2/c1-13(16-5-3-15(11-23)4-6-16)26-20(10-21(25-26)28-14(2)27)17-7-8-19(22)18(9-17)12-24/h3-10,13H,11-12,23-24H2,1-2H3. The summed E-state index contributed by atoms with van der Waals surface area (Å²) in [5.74, 6) is -0.174. The van der Waals surface area contributed by atoms with Crippen LogP contribution in [-0.4, -0.2) is 15.7 Å². The summed E-state index contributed by atoms with van der Waals surface area (Å²) in [6, 6.07) is 15.3. The molecule has 3 rings (SSSR count). The number of nitrogens with zero attached hydrogens (tertiary/aromatic N) is 2. The van der Waals surface area contributed by atoms with Gasteiger partial charge in [-0.1, -0.05) is 41.9 Å². The molecule has 146 valence electrons. The average molecular weight is 399 g/mol. The fraction of sp³-hybridized carbons (Fsp3) is 0.238. The lowest BCUT2D eigenvalue weighted by atomic mass is 10.0. The Bertz CT molecular complexity index is 983. The van der Waals surface area contributed by atoms with Crippen LogP contribution in [0.3, 0.4) is 0 Å². The van der Waals surface area contributed by atoms with Crippen LogP contribution < -0.4 is 16.2 Å². The number of aromatic nitrogens is 2. The zero-order valence-corrected chi connectivity index (χ0v) is 16.6. The van der Waals surface area contributed by atoms with E-state index in [1.807, 2.05) is 54.1 Å². The molecule has 7 heteroatoms. The van der Waals surface area contributed by atoms with Crippen LogP contribution >= 0.6 is 11.6 Å². The van der Waals surface area contributed by atoms with Gasteiger partial charge in [0.1, 0.15) is 0 Å². The van der Waals surface area contributed by atoms with E-state index in [1.165, 1.54) is 6.92 Å². The first-order valence-corrected chi connectivity index (χ1v) is 9.36. The summed E-state index contributed by atoms with van der Waals surface area (Å²) in [6.45, 7) is 4.20. The van der Waals surface area contributed by atoms with Gasteiger partial charge in [0, 0.05) is 36.7 Å². The van der Waals surface area contributed by atoms with Crippen molar-refractivity contribution in [2.45, 2.75) is 33.0 Å². The summed E-state index contributed by atoms with van der Waals surface area (Å²) in [6.07, 6.45) is 0. The van der Waals surface area contributed by atoms with Gasteiger partial charge in [0.15, 0.2) is 0 Å². The SMILES string of the molecule is CC(=O)Oc1cc(-c2ccc(Cl)c(CN)c2)n(C(C)c2ccc(CN)cc2)n1. The number of hydrogen-bond donors (Lipinski definition) is 2. The van der Waals surface area contributed by atoms with Crippen molar-refractivity contribution >= 4 is 17.6 Å². The Morgan fingerprint density at radius 1 is 1.14 bits per heavy atom. The summed E-state index contributed by atoms with van der Waals surface area (Å²) >= 11 is 6.20. The summed E-state index contributed by atoms with van der Waals surface area (Å²) in [4.78, 5) is 11.4. The first-order valence-electron chi connectivity index (χ1n) is 8.98. The maximum atomic E-state index is 11.4. The number of nitrogens with two attached hydrogens (primary N) is 2. The molecule has 0 radical (unpaired) electrons. The monoisotopic (exact) mass is 398 g/mol. The van der Waals surface area contributed by atoms with Gasteiger partial charge < -0.3 is 16.2 Å². The summed E-state index contributed by atoms with van der Waals surface area (Å²) < 4.78 is 7.05.